The summed E-state index contributed by atoms with van der Waals surface area (Å²) in [6.07, 6.45) is 1.71. The fourth-order valence-corrected chi connectivity index (χ4v) is 5.66. The minimum Gasteiger partial charge on any atom is -0.494 e. The third-order valence-electron chi connectivity index (χ3n) is 6.34. The molecule has 0 spiro atoms. The maximum atomic E-state index is 13.9. The Balaban J connectivity index is 1.97. The molecule has 0 saturated carbocycles. The third kappa shape index (κ3) is 7.99. The van der Waals surface area contributed by atoms with Gasteiger partial charge in [-0.3, -0.25) is 13.9 Å². The molecule has 0 aromatic heterocycles. The fourth-order valence-electron chi connectivity index (χ4n) is 4.05. The van der Waals surface area contributed by atoms with Gasteiger partial charge in [-0.15, -0.1) is 0 Å². The van der Waals surface area contributed by atoms with E-state index in [-0.39, 0.29) is 17.3 Å². The summed E-state index contributed by atoms with van der Waals surface area (Å²) in [5, 5.41) is 3.31. The van der Waals surface area contributed by atoms with Crippen LogP contribution in [0.25, 0.3) is 0 Å². The number of rotatable bonds is 14. The number of carbonyl (C=O) groups excluding carboxylic acids is 2. The Hall–Kier alpha value is -3.56. The molecule has 3 rings (SSSR count). The smallest absolute Gasteiger partial charge is 0.264 e. The van der Waals surface area contributed by atoms with Crippen LogP contribution in [0, 0.1) is 0 Å². The number of nitrogens with one attached hydrogen (secondary N) is 1. The molecule has 214 valence electrons. The van der Waals surface area contributed by atoms with Crippen LogP contribution in [0.15, 0.2) is 83.8 Å². The van der Waals surface area contributed by atoms with Gasteiger partial charge in [0.1, 0.15) is 18.3 Å². The van der Waals surface area contributed by atoms with Gasteiger partial charge in [-0.2, -0.15) is 0 Å². The van der Waals surface area contributed by atoms with Crippen molar-refractivity contribution in [3.8, 4) is 5.75 Å². The molecule has 8 nitrogen and oxygen atoms in total. The number of halogens is 1. The minimum absolute atomic E-state index is 0.00983. The van der Waals surface area contributed by atoms with Crippen LogP contribution in [0.3, 0.4) is 0 Å². The standard InChI is InChI=1S/C30H36ClN3O5S/c1-4-6-20-32-30(36)23(3)33(21-24-12-10-11-15-28(24)31)29(35)22-34(25-13-8-7-9-14-25)40(37,38)27-18-16-26(17-19-27)39-5-2/h7-19,23H,4-6,20-22H2,1-3H3,(H,32,36)/t23-/m1/s1. The zero-order valence-electron chi connectivity index (χ0n) is 23.0. The highest BCUT2D eigenvalue weighted by atomic mass is 35.5. The molecule has 0 unspecified atom stereocenters. The molecule has 40 heavy (non-hydrogen) atoms. The number of carbonyl (C=O) groups is 2. The molecule has 0 aliphatic rings. The Bertz CT molecular complexity index is 1370. The largest absolute Gasteiger partial charge is 0.494 e. The molecular formula is C30H36ClN3O5S. The van der Waals surface area contributed by atoms with E-state index >= 15 is 0 Å². The maximum absolute atomic E-state index is 13.9. The second-order valence-electron chi connectivity index (χ2n) is 9.19. The van der Waals surface area contributed by atoms with E-state index in [9.17, 15) is 18.0 Å². The number of amides is 2. The quantitative estimate of drug-likeness (QED) is 0.260. The van der Waals surface area contributed by atoms with Crippen LogP contribution in [-0.4, -0.2) is 50.9 Å². The highest BCUT2D eigenvalue weighted by Crippen LogP contribution is 2.26. The van der Waals surface area contributed by atoms with E-state index in [1.165, 1.54) is 17.0 Å². The molecular weight excluding hydrogens is 550 g/mol. The second-order valence-corrected chi connectivity index (χ2v) is 11.5. The number of nitrogens with zero attached hydrogens (tertiary/aromatic N) is 2. The lowest BCUT2D eigenvalue weighted by Gasteiger charge is -2.32. The SMILES string of the molecule is CCCCNC(=O)[C@@H](C)N(Cc1ccccc1Cl)C(=O)CN(c1ccccc1)S(=O)(=O)c1ccc(OCC)cc1. The summed E-state index contributed by atoms with van der Waals surface area (Å²) >= 11 is 6.39. The lowest BCUT2D eigenvalue weighted by molar-refractivity contribution is -0.139. The highest BCUT2D eigenvalue weighted by molar-refractivity contribution is 7.92. The van der Waals surface area contributed by atoms with Crippen molar-refractivity contribution in [2.45, 2.75) is 51.1 Å². The Morgan fingerprint density at radius 3 is 2.23 bits per heavy atom. The molecule has 0 saturated heterocycles. The normalized spacial score (nSPS) is 11.9. The summed E-state index contributed by atoms with van der Waals surface area (Å²) in [6.45, 7) is 5.93. The number of hydrogen-bond donors (Lipinski definition) is 1. The molecule has 2 amide bonds. The molecule has 1 N–H and O–H groups in total. The number of benzene rings is 3. The van der Waals surface area contributed by atoms with E-state index in [4.69, 9.17) is 16.3 Å². The predicted molar refractivity (Wildman–Crippen MR) is 158 cm³/mol. The van der Waals surface area contributed by atoms with Gasteiger partial charge < -0.3 is 15.0 Å². The second kappa shape index (κ2) is 14.7. The van der Waals surface area contributed by atoms with Gasteiger partial charge in [0.05, 0.1) is 17.2 Å². The van der Waals surface area contributed by atoms with Crippen molar-refractivity contribution in [3.63, 3.8) is 0 Å². The molecule has 0 heterocycles. The average molecular weight is 586 g/mol. The monoisotopic (exact) mass is 585 g/mol. The van der Waals surface area contributed by atoms with E-state index < -0.39 is 28.5 Å². The zero-order chi connectivity index (χ0) is 29.1. The van der Waals surface area contributed by atoms with Crippen molar-refractivity contribution < 1.29 is 22.7 Å². The predicted octanol–water partition coefficient (Wildman–Crippen LogP) is 5.27. The number of para-hydroxylation sites is 1. The van der Waals surface area contributed by atoms with Crippen molar-refractivity contribution in [2.75, 3.05) is 24.0 Å². The van der Waals surface area contributed by atoms with Crippen LogP contribution >= 0.6 is 11.6 Å². The molecule has 0 radical (unpaired) electrons. The van der Waals surface area contributed by atoms with Gasteiger partial charge in [-0.25, -0.2) is 8.42 Å². The molecule has 3 aromatic carbocycles. The van der Waals surface area contributed by atoms with Crippen LogP contribution in [0.5, 0.6) is 5.75 Å². The van der Waals surface area contributed by atoms with E-state index in [2.05, 4.69) is 5.32 Å². The first kappa shape index (κ1) is 31.0. The first-order valence-corrected chi connectivity index (χ1v) is 15.1. The Morgan fingerprint density at radius 2 is 1.60 bits per heavy atom. The molecule has 0 aliphatic heterocycles. The topological polar surface area (TPSA) is 96.0 Å². The summed E-state index contributed by atoms with van der Waals surface area (Å²) in [4.78, 5) is 28.3. The summed E-state index contributed by atoms with van der Waals surface area (Å²) in [5.41, 5.74) is 0.967. The highest BCUT2D eigenvalue weighted by Gasteiger charge is 2.32. The van der Waals surface area contributed by atoms with Gasteiger partial charge >= 0.3 is 0 Å². The molecule has 0 aliphatic carbocycles. The third-order valence-corrected chi connectivity index (χ3v) is 8.50. The molecule has 3 aromatic rings. The van der Waals surface area contributed by atoms with Gasteiger partial charge in [0.2, 0.25) is 11.8 Å². The van der Waals surface area contributed by atoms with Gasteiger partial charge in [0.25, 0.3) is 10.0 Å². The lowest BCUT2D eigenvalue weighted by Crippen LogP contribution is -2.51. The van der Waals surface area contributed by atoms with Gasteiger partial charge in [0.15, 0.2) is 0 Å². The van der Waals surface area contributed by atoms with Gasteiger partial charge in [-0.1, -0.05) is 61.3 Å². The van der Waals surface area contributed by atoms with Crippen molar-refractivity contribution in [3.05, 3.63) is 89.4 Å². The Labute approximate surface area is 241 Å². The summed E-state index contributed by atoms with van der Waals surface area (Å²) in [6, 6.07) is 20.6. The molecule has 0 fully saturated rings. The molecule has 10 heteroatoms. The first-order valence-electron chi connectivity index (χ1n) is 13.3. The van der Waals surface area contributed by atoms with Crippen LogP contribution < -0.4 is 14.4 Å². The van der Waals surface area contributed by atoms with E-state index in [1.54, 1.807) is 73.7 Å². The van der Waals surface area contributed by atoms with E-state index in [1.807, 2.05) is 13.8 Å². The number of hydrogen-bond acceptors (Lipinski definition) is 5. The molecule has 0 bridgehead atoms. The van der Waals surface area contributed by atoms with Crippen molar-refractivity contribution in [1.29, 1.82) is 0 Å². The summed E-state index contributed by atoms with van der Waals surface area (Å²) in [5.74, 6) is -0.330. The fraction of sp³-hybridized carbons (Fsp3) is 0.333. The number of anilines is 1. The van der Waals surface area contributed by atoms with Crippen molar-refractivity contribution >= 4 is 39.1 Å². The van der Waals surface area contributed by atoms with Gasteiger partial charge in [-0.05, 0) is 68.3 Å². The van der Waals surface area contributed by atoms with E-state index in [0.29, 0.717) is 35.2 Å². The molecule has 1 atom stereocenters. The van der Waals surface area contributed by atoms with Crippen molar-refractivity contribution in [2.24, 2.45) is 0 Å². The van der Waals surface area contributed by atoms with Crippen LogP contribution in [0.1, 0.15) is 39.2 Å². The Morgan fingerprint density at radius 1 is 0.950 bits per heavy atom. The zero-order valence-corrected chi connectivity index (χ0v) is 24.6. The number of ether oxygens (including phenoxy) is 1. The number of sulfonamides is 1. The van der Waals surface area contributed by atoms with Crippen LogP contribution in [0.4, 0.5) is 5.69 Å². The van der Waals surface area contributed by atoms with E-state index in [0.717, 1.165) is 17.1 Å². The minimum atomic E-state index is -4.16. The first-order chi connectivity index (χ1) is 19.2. The Kier molecular flexibility index (Phi) is 11.4. The van der Waals surface area contributed by atoms with Crippen LogP contribution in [-0.2, 0) is 26.2 Å². The number of unbranched alkanes of at least 4 members (excludes halogenated alkanes) is 1. The van der Waals surface area contributed by atoms with Crippen LogP contribution in [0.2, 0.25) is 5.02 Å². The van der Waals surface area contributed by atoms with Crippen molar-refractivity contribution in [1.82, 2.24) is 10.2 Å². The average Bonchev–Trinajstić information content (AvgIpc) is 2.96. The summed E-state index contributed by atoms with van der Waals surface area (Å²) in [7, 11) is -4.16. The lowest BCUT2D eigenvalue weighted by atomic mass is 10.1. The van der Waals surface area contributed by atoms with Gasteiger partial charge in [0, 0.05) is 18.1 Å². The maximum Gasteiger partial charge on any atom is 0.264 e. The summed E-state index contributed by atoms with van der Waals surface area (Å²) < 4.78 is 34.2.